The Hall–Kier alpha value is -1.37. The van der Waals surface area contributed by atoms with E-state index in [1.54, 1.807) is 12.1 Å². The first-order chi connectivity index (χ1) is 8.52. The highest BCUT2D eigenvalue weighted by Gasteiger charge is 2.22. The van der Waals surface area contributed by atoms with Crippen LogP contribution in [0.2, 0.25) is 5.02 Å². The zero-order valence-corrected chi connectivity index (χ0v) is 10.6. The van der Waals surface area contributed by atoms with Crippen molar-refractivity contribution in [3.63, 3.8) is 0 Å². The Morgan fingerprint density at radius 3 is 2.89 bits per heavy atom. The Morgan fingerprint density at radius 1 is 1.56 bits per heavy atom. The van der Waals surface area contributed by atoms with Gasteiger partial charge in [0.15, 0.2) is 0 Å². The van der Waals surface area contributed by atoms with E-state index in [0.717, 1.165) is 0 Å². The quantitative estimate of drug-likeness (QED) is 0.531. The van der Waals surface area contributed by atoms with Gasteiger partial charge in [0.2, 0.25) is 0 Å². The second-order valence-electron chi connectivity index (χ2n) is 3.73. The van der Waals surface area contributed by atoms with E-state index in [1.165, 1.54) is 10.7 Å². The molecule has 1 aromatic heterocycles. The maximum absolute atomic E-state index is 10.9. The van der Waals surface area contributed by atoms with Crippen LogP contribution in [0.4, 0.5) is 5.82 Å². The minimum absolute atomic E-state index is 0.0305. The number of rotatable bonds is 4. The van der Waals surface area contributed by atoms with Gasteiger partial charge in [-0.05, 0) is 23.1 Å². The Labute approximate surface area is 112 Å². The first-order valence-electron chi connectivity index (χ1n) is 5.07. The van der Waals surface area contributed by atoms with Crippen LogP contribution in [-0.2, 0) is 6.54 Å². The van der Waals surface area contributed by atoms with Crippen LogP contribution in [0.5, 0.6) is 0 Å². The zero-order valence-electron chi connectivity index (χ0n) is 9.08. The van der Waals surface area contributed by atoms with Gasteiger partial charge in [0, 0.05) is 5.02 Å². The van der Waals surface area contributed by atoms with E-state index >= 15 is 0 Å². The average molecular weight is 290 g/mol. The molecule has 0 aliphatic carbocycles. The van der Waals surface area contributed by atoms with Crippen molar-refractivity contribution in [1.82, 2.24) is 9.78 Å². The normalized spacial score (nSPS) is 12.8. The number of benzene rings is 1. The van der Waals surface area contributed by atoms with Crippen molar-refractivity contribution in [2.45, 2.75) is 12.6 Å². The largest absolute Gasteiger partial charge is 0.397 e. The summed E-state index contributed by atoms with van der Waals surface area (Å²) in [6, 6.07) is 4.71. The van der Waals surface area contributed by atoms with Gasteiger partial charge in [0.1, 0.15) is 5.39 Å². The van der Waals surface area contributed by atoms with E-state index in [4.69, 9.17) is 23.2 Å². The summed E-state index contributed by atoms with van der Waals surface area (Å²) < 4.78 is 1.36. The molecular formula is C10H9Cl2N3O3. The molecule has 1 heterocycles. The number of aliphatic hydroxyl groups is 1. The van der Waals surface area contributed by atoms with Crippen LogP contribution < -0.4 is 0 Å². The molecule has 0 saturated heterocycles. The Bertz CT molecular complexity index is 599. The minimum atomic E-state index is -0.815. The highest BCUT2D eigenvalue weighted by molar-refractivity contribution is 6.31. The summed E-state index contributed by atoms with van der Waals surface area (Å²) in [6.45, 7) is 0.0927. The predicted octanol–water partition coefficient (Wildman–Crippen LogP) is 2.20. The molecular weight excluding hydrogens is 281 g/mol. The van der Waals surface area contributed by atoms with Gasteiger partial charge in [-0.2, -0.15) is 4.68 Å². The maximum atomic E-state index is 10.9. The molecule has 0 aliphatic rings. The number of alkyl halides is 1. The lowest BCUT2D eigenvalue weighted by atomic mass is 10.2. The van der Waals surface area contributed by atoms with Gasteiger partial charge in [0.05, 0.1) is 29.1 Å². The third-order valence-electron chi connectivity index (χ3n) is 2.43. The highest BCUT2D eigenvalue weighted by Crippen LogP contribution is 2.27. The Kier molecular flexibility index (Phi) is 3.70. The lowest BCUT2D eigenvalue weighted by molar-refractivity contribution is -0.388. The molecule has 1 atom stereocenters. The van der Waals surface area contributed by atoms with E-state index in [2.05, 4.69) is 5.10 Å². The fourth-order valence-corrected chi connectivity index (χ4v) is 1.93. The van der Waals surface area contributed by atoms with E-state index < -0.39 is 11.0 Å². The smallest absolute Gasteiger partial charge is 0.390 e. The van der Waals surface area contributed by atoms with Crippen molar-refractivity contribution in [1.29, 1.82) is 0 Å². The van der Waals surface area contributed by atoms with Crippen LogP contribution in [-0.4, -0.2) is 31.8 Å². The van der Waals surface area contributed by atoms with Gasteiger partial charge in [-0.15, -0.1) is 11.6 Å². The average Bonchev–Trinajstić information content (AvgIpc) is 2.67. The van der Waals surface area contributed by atoms with Crippen LogP contribution in [0, 0.1) is 10.1 Å². The fraction of sp³-hybridized carbons (Fsp3) is 0.300. The first-order valence-corrected chi connectivity index (χ1v) is 5.98. The lowest BCUT2D eigenvalue weighted by Gasteiger charge is -2.04. The molecule has 0 saturated carbocycles. The van der Waals surface area contributed by atoms with Crippen LogP contribution in [0.1, 0.15) is 0 Å². The van der Waals surface area contributed by atoms with Gasteiger partial charge < -0.3 is 15.2 Å². The molecule has 1 unspecified atom stereocenters. The second-order valence-corrected chi connectivity index (χ2v) is 4.48. The molecule has 0 amide bonds. The van der Waals surface area contributed by atoms with Gasteiger partial charge in [-0.25, -0.2) is 0 Å². The first kappa shape index (κ1) is 13.1. The summed E-state index contributed by atoms with van der Waals surface area (Å²) in [7, 11) is 0. The molecule has 96 valence electrons. The van der Waals surface area contributed by atoms with Crippen LogP contribution in [0.25, 0.3) is 10.9 Å². The molecule has 8 heteroatoms. The van der Waals surface area contributed by atoms with Gasteiger partial charge in [0.25, 0.3) is 0 Å². The maximum Gasteiger partial charge on any atom is 0.397 e. The minimum Gasteiger partial charge on any atom is -0.390 e. The molecule has 2 rings (SSSR count). The highest BCUT2D eigenvalue weighted by atomic mass is 35.5. The zero-order chi connectivity index (χ0) is 13.3. The second kappa shape index (κ2) is 5.09. The summed E-state index contributed by atoms with van der Waals surface area (Å²) in [6.07, 6.45) is -0.815. The van der Waals surface area contributed by atoms with Gasteiger partial charge in [-0.3, -0.25) is 0 Å². The van der Waals surface area contributed by atoms with Crippen molar-refractivity contribution in [2.24, 2.45) is 0 Å². The molecule has 0 spiro atoms. The summed E-state index contributed by atoms with van der Waals surface area (Å²) in [5.41, 5.74) is 0.537. The summed E-state index contributed by atoms with van der Waals surface area (Å²) in [4.78, 5) is 10.3. The van der Waals surface area contributed by atoms with Gasteiger partial charge in [-0.1, -0.05) is 11.6 Å². The lowest BCUT2D eigenvalue weighted by Crippen LogP contribution is -2.18. The van der Waals surface area contributed by atoms with Gasteiger partial charge >= 0.3 is 5.82 Å². The van der Waals surface area contributed by atoms with E-state index in [1.807, 2.05) is 0 Å². The molecule has 0 bridgehead atoms. The fourth-order valence-electron chi connectivity index (χ4n) is 1.66. The molecule has 0 radical (unpaired) electrons. The molecule has 6 nitrogen and oxygen atoms in total. The summed E-state index contributed by atoms with van der Waals surface area (Å²) >= 11 is 11.3. The predicted molar refractivity (Wildman–Crippen MR) is 68.1 cm³/mol. The number of hydrogen-bond donors (Lipinski definition) is 1. The van der Waals surface area contributed by atoms with Crippen molar-refractivity contribution < 1.29 is 10.0 Å². The number of aliphatic hydroxyl groups excluding tert-OH is 1. The van der Waals surface area contributed by atoms with Crippen molar-refractivity contribution in [3.05, 3.63) is 33.3 Å². The third-order valence-corrected chi connectivity index (χ3v) is 3.02. The Balaban J connectivity index is 2.57. The van der Waals surface area contributed by atoms with E-state index in [0.29, 0.717) is 15.9 Å². The Morgan fingerprint density at radius 2 is 2.28 bits per heavy atom. The number of halogens is 2. The number of fused-ring (bicyclic) bond motifs is 1. The van der Waals surface area contributed by atoms with Crippen molar-refractivity contribution in [3.8, 4) is 0 Å². The number of nitro groups is 1. The monoisotopic (exact) mass is 289 g/mol. The van der Waals surface area contributed by atoms with E-state index in [9.17, 15) is 15.2 Å². The molecule has 0 aliphatic heterocycles. The topological polar surface area (TPSA) is 81.2 Å². The molecule has 1 N–H and O–H groups in total. The standard InChI is InChI=1S/C10H9Cl2N3O3/c11-4-7(16)5-14-9-2-1-6(12)3-8(9)10(13-14)15(17)18/h1-3,7,16H,4-5H2. The SMILES string of the molecule is O=[N+]([O-])c1nn(CC(O)CCl)c2ccc(Cl)cc12. The van der Waals surface area contributed by atoms with Crippen LogP contribution in [0.3, 0.4) is 0 Å². The molecule has 18 heavy (non-hydrogen) atoms. The van der Waals surface area contributed by atoms with Crippen molar-refractivity contribution in [2.75, 3.05) is 5.88 Å². The number of aromatic nitrogens is 2. The molecule has 2 aromatic rings. The third kappa shape index (κ3) is 2.40. The summed E-state index contributed by atoms with van der Waals surface area (Å²) in [5.74, 6) is -0.253. The van der Waals surface area contributed by atoms with Crippen molar-refractivity contribution >= 4 is 39.9 Å². The van der Waals surface area contributed by atoms with E-state index in [-0.39, 0.29) is 18.2 Å². The number of nitrogens with zero attached hydrogens (tertiary/aromatic N) is 3. The summed E-state index contributed by atoms with van der Waals surface area (Å²) in [5, 5.41) is 25.0. The van der Waals surface area contributed by atoms with Crippen LogP contribution in [0.15, 0.2) is 18.2 Å². The number of hydrogen-bond acceptors (Lipinski definition) is 4. The van der Waals surface area contributed by atoms with Crippen LogP contribution >= 0.6 is 23.2 Å². The molecule has 0 fully saturated rings. The molecule has 1 aromatic carbocycles.